The first-order chi connectivity index (χ1) is 18.4. The molecule has 4 heterocycles. The molecule has 0 bridgehead atoms. The van der Waals surface area contributed by atoms with E-state index in [0.717, 1.165) is 42.9 Å². The SMILES string of the molecule is C#C.CC(C)CC(=O)OC1CCN(c2ccc(-n3cnn4cc(-c5ccc(Cl)cc5)cc4c3=O)cn2)CC1. The van der Waals surface area contributed by atoms with Crippen LogP contribution in [0.25, 0.3) is 22.3 Å². The van der Waals surface area contributed by atoms with Gasteiger partial charge in [0.15, 0.2) is 0 Å². The van der Waals surface area contributed by atoms with Gasteiger partial charge in [-0.2, -0.15) is 5.10 Å². The molecule has 4 aromatic rings. The van der Waals surface area contributed by atoms with Crippen molar-refractivity contribution in [3.05, 3.63) is 76.6 Å². The molecule has 0 spiro atoms. The van der Waals surface area contributed by atoms with Crippen molar-refractivity contribution < 1.29 is 9.53 Å². The van der Waals surface area contributed by atoms with Gasteiger partial charge in [-0.25, -0.2) is 9.50 Å². The lowest BCUT2D eigenvalue weighted by molar-refractivity contribution is -0.150. The summed E-state index contributed by atoms with van der Waals surface area (Å²) < 4.78 is 8.69. The maximum atomic E-state index is 13.2. The third kappa shape index (κ3) is 6.06. The van der Waals surface area contributed by atoms with Gasteiger partial charge in [0.2, 0.25) is 0 Å². The molecule has 196 valence electrons. The number of nitrogens with zero attached hydrogens (tertiary/aromatic N) is 5. The predicted octanol–water partition coefficient (Wildman–Crippen LogP) is 5.01. The predicted molar refractivity (Wildman–Crippen MR) is 150 cm³/mol. The van der Waals surface area contributed by atoms with E-state index in [0.29, 0.717) is 28.6 Å². The molecule has 0 aliphatic carbocycles. The molecule has 0 N–H and O–H groups in total. The molecule has 1 aliphatic heterocycles. The Morgan fingerprint density at radius 1 is 1.11 bits per heavy atom. The van der Waals surface area contributed by atoms with E-state index in [1.54, 1.807) is 10.7 Å². The number of hydrogen-bond acceptors (Lipinski definition) is 6. The summed E-state index contributed by atoms with van der Waals surface area (Å²) in [6.07, 6.45) is 15.0. The zero-order valence-corrected chi connectivity index (χ0v) is 22.2. The minimum absolute atomic E-state index is 0.0389. The van der Waals surface area contributed by atoms with Crippen LogP contribution in [0, 0.1) is 18.8 Å². The van der Waals surface area contributed by atoms with E-state index in [1.807, 2.05) is 62.5 Å². The molecule has 38 heavy (non-hydrogen) atoms. The highest BCUT2D eigenvalue weighted by Crippen LogP contribution is 2.24. The van der Waals surface area contributed by atoms with Crippen molar-refractivity contribution >= 4 is 28.9 Å². The summed E-state index contributed by atoms with van der Waals surface area (Å²) in [5.41, 5.74) is 2.79. The van der Waals surface area contributed by atoms with Crippen molar-refractivity contribution in [2.45, 2.75) is 39.2 Å². The number of aromatic nitrogens is 4. The van der Waals surface area contributed by atoms with E-state index >= 15 is 0 Å². The number of esters is 1. The molecule has 1 aromatic carbocycles. The van der Waals surface area contributed by atoms with Gasteiger partial charge in [-0.1, -0.05) is 37.6 Å². The summed E-state index contributed by atoms with van der Waals surface area (Å²) in [6.45, 7) is 5.55. The molecule has 0 unspecified atom stereocenters. The summed E-state index contributed by atoms with van der Waals surface area (Å²) in [5.74, 6) is 1.01. The van der Waals surface area contributed by atoms with E-state index in [-0.39, 0.29) is 17.6 Å². The van der Waals surface area contributed by atoms with Crippen LogP contribution in [0.4, 0.5) is 5.82 Å². The number of terminal acetylenes is 1. The molecular weight excluding hydrogens is 502 g/mol. The standard InChI is InChI=1S/C27H28ClN5O3.C2H2/c1-18(2)13-26(34)36-23-9-11-31(12-10-23)25-8-7-22(15-29-25)32-17-30-33-16-20(14-24(33)27(32)35)19-3-5-21(28)6-4-19;1-2/h3-8,14-18,23H,9-13H2,1-2H3;1-2H. The van der Waals surface area contributed by atoms with E-state index in [1.165, 1.54) is 10.9 Å². The quantitative estimate of drug-likeness (QED) is 0.257. The summed E-state index contributed by atoms with van der Waals surface area (Å²) in [6, 6.07) is 13.1. The highest BCUT2D eigenvalue weighted by molar-refractivity contribution is 6.30. The van der Waals surface area contributed by atoms with Crippen LogP contribution in [0.5, 0.6) is 0 Å². The summed E-state index contributed by atoms with van der Waals surface area (Å²) in [7, 11) is 0. The lowest BCUT2D eigenvalue weighted by Crippen LogP contribution is -2.38. The summed E-state index contributed by atoms with van der Waals surface area (Å²) in [5, 5.41) is 5.08. The number of benzene rings is 1. The van der Waals surface area contributed by atoms with E-state index < -0.39 is 0 Å². The fourth-order valence-electron chi connectivity index (χ4n) is 4.45. The number of hydrogen-bond donors (Lipinski definition) is 0. The molecule has 5 rings (SSSR count). The molecule has 0 amide bonds. The molecule has 3 aromatic heterocycles. The van der Waals surface area contributed by atoms with Crippen LogP contribution in [0.15, 0.2) is 66.0 Å². The van der Waals surface area contributed by atoms with Crippen LogP contribution in [0.3, 0.4) is 0 Å². The lowest BCUT2D eigenvalue weighted by atomic mass is 10.1. The Kier molecular flexibility index (Phi) is 8.49. The molecule has 1 saturated heterocycles. The van der Waals surface area contributed by atoms with Crippen LogP contribution >= 0.6 is 11.6 Å². The first-order valence-electron chi connectivity index (χ1n) is 12.5. The highest BCUT2D eigenvalue weighted by Gasteiger charge is 2.23. The monoisotopic (exact) mass is 531 g/mol. The number of carbonyl (C=O) groups excluding carboxylic acids is 1. The van der Waals surface area contributed by atoms with Gasteiger partial charge in [0, 0.05) is 49.1 Å². The highest BCUT2D eigenvalue weighted by atomic mass is 35.5. The Balaban J connectivity index is 0.00000164. The second-order valence-corrected chi connectivity index (χ2v) is 9.96. The number of halogens is 1. The number of anilines is 1. The van der Waals surface area contributed by atoms with E-state index in [4.69, 9.17) is 16.3 Å². The Morgan fingerprint density at radius 3 is 2.45 bits per heavy atom. The second-order valence-electron chi connectivity index (χ2n) is 9.52. The van der Waals surface area contributed by atoms with Gasteiger partial charge >= 0.3 is 5.97 Å². The normalized spacial score (nSPS) is 13.8. The van der Waals surface area contributed by atoms with Gasteiger partial charge in [-0.15, -0.1) is 12.8 Å². The molecule has 8 nitrogen and oxygen atoms in total. The Labute approximate surface area is 226 Å². The van der Waals surface area contributed by atoms with Crippen LogP contribution in [0.2, 0.25) is 5.02 Å². The Bertz CT molecular complexity index is 1460. The molecule has 0 radical (unpaired) electrons. The smallest absolute Gasteiger partial charge is 0.306 e. The van der Waals surface area contributed by atoms with Gasteiger partial charge in [0.25, 0.3) is 5.56 Å². The maximum Gasteiger partial charge on any atom is 0.306 e. The average molecular weight is 532 g/mol. The van der Waals surface area contributed by atoms with Crippen LogP contribution < -0.4 is 10.5 Å². The number of carbonyl (C=O) groups is 1. The largest absolute Gasteiger partial charge is 0.462 e. The summed E-state index contributed by atoms with van der Waals surface area (Å²) >= 11 is 5.99. The molecular formula is C29H30ClN5O3. The van der Waals surface area contributed by atoms with E-state index in [2.05, 4.69) is 27.8 Å². The number of rotatable bonds is 6. The molecule has 0 atom stereocenters. The minimum atomic E-state index is -0.177. The van der Waals surface area contributed by atoms with Crippen molar-refractivity contribution in [3.8, 4) is 29.7 Å². The van der Waals surface area contributed by atoms with Crippen molar-refractivity contribution in [2.75, 3.05) is 18.0 Å². The minimum Gasteiger partial charge on any atom is -0.462 e. The van der Waals surface area contributed by atoms with Gasteiger partial charge in [0.1, 0.15) is 23.8 Å². The van der Waals surface area contributed by atoms with Gasteiger partial charge in [0.05, 0.1) is 11.9 Å². The van der Waals surface area contributed by atoms with Crippen molar-refractivity contribution in [1.29, 1.82) is 0 Å². The number of ether oxygens (including phenoxy) is 1. The van der Waals surface area contributed by atoms with Crippen LogP contribution in [-0.2, 0) is 9.53 Å². The lowest BCUT2D eigenvalue weighted by Gasteiger charge is -2.32. The third-order valence-electron chi connectivity index (χ3n) is 6.36. The topological polar surface area (TPSA) is 81.7 Å². The van der Waals surface area contributed by atoms with Crippen LogP contribution in [0.1, 0.15) is 33.1 Å². The molecule has 1 fully saturated rings. The zero-order valence-electron chi connectivity index (χ0n) is 21.5. The first kappa shape index (κ1) is 27.0. The number of pyridine rings is 1. The van der Waals surface area contributed by atoms with Crippen LogP contribution in [-0.4, -0.2) is 44.3 Å². The first-order valence-corrected chi connectivity index (χ1v) is 12.9. The van der Waals surface area contributed by atoms with Gasteiger partial charge < -0.3 is 9.64 Å². The van der Waals surface area contributed by atoms with Gasteiger partial charge in [-0.05, 0) is 41.8 Å². The number of fused-ring (bicyclic) bond motifs is 1. The van der Waals surface area contributed by atoms with E-state index in [9.17, 15) is 9.59 Å². The molecule has 1 aliphatic rings. The van der Waals surface area contributed by atoms with Crippen molar-refractivity contribution in [2.24, 2.45) is 5.92 Å². The third-order valence-corrected chi connectivity index (χ3v) is 6.61. The average Bonchev–Trinajstić information content (AvgIpc) is 3.36. The van der Waals surface area contributed by atoms with Gasteiger partial charge in [-0.3, -0.25) is 14.2 Å². The second kappa shape index (κ2) is 12.0. The number of piperidine rings is 1. The fourth-order valence-corrected chi connectivity index (χ4v) is 4.58. The van der Waals surface area contributed by atoms with Crippen molar-refractivity contribution in [3.63, 3.8) is 0 Å². The Hall–Kier alpha value is -4.09. The fraction of sp³-hybridized carbons (Fsp3) is 0.310. The summed E-state index contributed by atoms with van der Waals surface area (Å²) in [4.78, 5) is 31.9. The van der Waals surface area contributed by atoms with Crippen molar-refractivity contribution in [1.82, 2.24) is 19.2 Å². The Morgan fingerprint density at radius 2 is 1.82 bits per heavy atom. The maximum absolute atomic E-state index is 13.2. The zero-order chi connectivity index (χ0) is 27.2. The molecule has 0 saturated carbocycles. The molecule has 9 heteroatoms.